The Labute approximate surface area is 595 Å². The van der Waals surface area contributed by atoms with Gasteiger partial charge in [0.05, 0.1) is 5.60 Å². The molecule has 0 radical (unpaired) electrons. The molecule has 4 aromatic rings. The summed E-state index contributed by atoms with van der Waals surface area (Å²) in [5, 5.41) is 9.19. The molecule has 0 aliphatic carbocycles. The van der Waals surface area contributed by atoms with E-state index in [0.717, 1.165) is 76.9 Å². The average molecular weight is 1540 g/mol. The molecule has 0 aromatic heterocycles. The van der Waals surface area contributed by atoms with E-state index in [1.54, 1.807) is 6.92 Å². The summed E-state index contributed by atoms with van der Waals surface area (Å²) in [5.41, 5.74) is -21.3. The molecule has 0 amide bonds. The molecule has 0 bridgehead atoms. The van der Waals surface area contributed by atoms with Crippen LogP contribution in [-0.2, 0) is 46.1 Å². The summed E-state index contributed by atoms with van der Waals surface area (Å²) in [6.07, 6.45) is -45.2. The van der Waals surface area contributed by atoms with Crippen LogP contribution in [-0.4, -0.2) is 85.9 Å². The van der Waals surface area contributed by atoms with Crippen molar-refractivity contribution in [3.8, 4) is 0 Å². The zero-order chi connectivity index (χ0) is 73.8. The maximum atomic E-state index is 13.7. The van der Waals surface area contributed by atoms with Crippen LogP contribution in [0.1, 0.15) is 263 Å². The number of ether oxygens (including phenoxy) is 5. The molecule has 6 unspecified atom stereocenters. The molecule has 0 spiro atoms. The third-order valence-corrected chi connectivity index (χ3v) is 15.9. The molecular formula is C73H112F24O6. The van der Waals surface area contributed by atoms with E-state index in [4.69, 9.17) is 9.47 Å². The Hall–Kier alpha value is -5.04. The highest BCUT2D eigenvalue weighted by molar-refractivity contribution is 5.36. The molecule has 1 N–H and O–H groups in total. The lowest BCUT2D eigenvalue weighted by atomic mass is 9.88. The lowest BCUT2D eigenvalue weighted by Gasteiger charge is -2.41. The van der Waals surface area contributed by atoms with Crippen LogP contribution in [0.25, 0.3) is 0 Å². The van der Waals surface area contributed by atoms with Crippen molar-refractivity contribution in [3.63, 3.8) is 0 Å². The van der Waals surface area contributed by atoms with E-state index in [9.17, 15) is 110 Å². The first-order valence-electron chi connectivity index (χ1n) is 30.0. The van der Waals surface area contributed by atoms with Crippen LogP contribution in [0.3, 0.4) is 0 Å². The number of hydrogen-bond acceptors (Lipinski definition) is 6. The highest BCUT2D eigenvalue weighted by Gasteiger charge is 2.77. The standard InChI is InChI=1S/C18H22F6O2.C17H22F6O2.C17H22F6O.C13H14F6O.8CH4/c1-3-12(2)13-7-9-14(10-8-13)16(17(19,20)21,18(22,23)24)26-15-6-4-5-11-25-15;1-5-11(3)13-7-9-14(10-8-13)15(16(18,19)20,17(21,22)23)25-12(4)24-6-2;1-6-11(2)12-7-9-13(10-8-12)15(16(18,19)20,17(21,22)23)24-14(3,4)5;1-3-8(2)9-4-6-10(7-5-9)11(20,12(14,15)16)13(17,18)19;;;;;;;;/h7-10,12,15H,3-6,11H2,1-2H3;7-12H,5-6H2,1-4H3;7-11H,6H2,1-5H3;4-8,20H,3H2,1-2H3;8*1H4. The average Bonchev–Trinajstić information content (AvgIpc) is 0.752. The number of alkyl halides is 24. The minimum atomic E-state index is -5.84. The van der Waals surface area contributed by atoms with Crippen LogP contribution in [0.5, 0.6) is 0 Å². The van der Waals surface area contributed by atoms with Gasteiger partial charge in [0.25, 0.3) is 22.4 Å². The SMILES string of the molecule is C.C.C.C.C.C.C.C.CCC(C)c1ccc(C(O)(C(F)(F)F)C(F)(F)F)cc1.CCC(C)c1ccc(C(OC(C)(C)C)(C(F)(F)F)C(F)(F)F)cc1.CCC(C)c1ccc(C(OC2CCCCO2)(C(F)(F)F)C(F)(F)F)cc1.CCOC(C)OC(c1ccc(C(C)CC)cc1)(C(F)(F)F)C(F)(F)F. The third-order valence-electron chi connectivity index (χ3n) is 15.9. The summed E-state index contributed by atoms with van der Waals surface area (Å²) in [6, 6.07) is 16.4. The first-order chi connectivity index (χ1) is 43.0. The Morgan fingerprint density at radius 2 is 0.621 bits per heavy atom. The fourth-order valence-electron chi connectivity index (χ4n) is 9.64. The van der Waals surface area contributed by atoms with Gasteiger partial charge in [-0.2, -0.15) is 105 Å². The minimum Gasteiger partial charge on any atom is -0.369 e. The van der Waals surface area contributed by atoms with Crippen LogP contribution in [0.15, 0.2) is 97.1 Å². The molecule has 1 fully saturated rings. The molecule has 6 nitrogen and oxygen atoms in total. The number of hydrogen-bond donors (Lipinski definition) is 1. The van der Waals surface area contributed by atoms with Gasteiger partial charge in [-0.25, -0.2) is 0 Å². The van der Waals surface area contributed by atoms with Crippen molar-refractivity contribution in [1.82, 2.24) is 0 Å². The second-order valence-electron chi connectivity index (χ2n) is 23.7. The number of benzene rings is 4. The molecule has 30 heteroatoms. The summed E-state index contributed by atoms with van der Waals surface area (Å²) in [4.78, 5) is 0. The normalized spacial score (nSPS) is 15.7. The van der Waals surface area contributed by atoms with E-state index in [0.29, 0.717) is 60.1 Å². The quantitative estimate of drug-likeness (QED) is 0.0745. The topological polar surface area (TPSA) is 66.4 Å². The predicted octanol–water partition coefficient (Wildman–Crippen LogP) is 27.9. The Balaban J connectivity index is -0.000000233. The maximum Gasteiger partial charge on any atom is 0.430 e. The predicted molar refractivity (Wildman–Crippen MR) is 359 cm³/mol. The highest BCUT2D eigenvalue weighted by atomic mass is 19.4. The van der Waals surface area contributed by atoms with Gasteiger partial charge in [0.2, 0.25) is 0 Å². The molecule has 1 heterocycles. The first-order valence-corrected chi connectivity index (χ1v) is 30.0. The summed E-state index contributed by atoms with van der Waals surface area (Å²) >= 11 is 0. The van der Waals surface area contributed by atoms with E-state index in [1.165, 1.54) is 55.5 Å². The summed E-state index contributed by atoms with van der Waals surface area (Å²) in [5.74, 6) is 0.0870. The Bertz CT molecular complexity index is 2830. The molecule has 1 aliphatic rings. The fraction of sp³-hybridized carbons (Fsp3) is 0.671. The fourth-order valence-corrected chi connectivity index (χ4v) is 9.64. The van der Waals surface area contributed by atoms with Crippen molar-refractivity contribution >= 4 is 0 Å². The Morgan fingerprint density at radius 1 is 0.369 bits per heavy atom. The van der Waals surface area contributed by atoms with Gasteiger partial charge >= 0.3 is 49.4 Å². The van der Waals surface area contributed by atoms with Gasteiger partial charge in [-0.1, -0.05) is 212 Å². The molecular weight excluding hydrogens is 1430 g/mol. The van der Waals surface area contributed by atoms with Crippen molar-refractivity contribution in [3.05, 3.63) is 142 Å². The lowest BCUT2D eigenvalue weighted by Crippen LogP contribution is -2.58. The molecule has 103 heavy (non-hydrogen) atoms. The molecule has 1 aliphatic heterocycles. The second kappa shape index (κ2) is 42.5. The molecule has 1 saturated heterocycles. The van der Waals surface area contributed by atoms with E-state index < -0.39 is 112 Å². The zero-order valence-electron chi connectivity index (χ0n) is 54.1. The largest absolute Gasteiger partial charge is 0.430 e. The Morgan fingerprint density at radius 3 is 0.835 bits per heavy atom. The molecule has 6 atom stereocenters. The van der Waals surface area contributed by atoms with Gasteiger partial charge in [0, 0.05) is 35.5 Å². The van der Waals surface area contributed by atoms with Crippen LogP contribution in [0.4, 0.5) is 105 Å². The summed E-state index contributed by atoms with van der Waals surface area (Å²) in [6.45, 7) is 20.8. The van der Waals surface area contributed by atoms with Crippen LogP contribution < -0.4 is 0 Å². The number of halogens is 24. The van der Waals surface area contributed by atoms with E-state index in [1.807, 2.05) is 48.5 Å². The van der Waals surface area contributed by atoms with E-state index >= 15 is 0 Å². The van der Waals surface area contributed by atoms with Gasteiger partial charge < -0.3 is 28.8 Å². The van der Waals surface area contributed by atoms with Crippen LogP contribution in [0, 0.1) is 0 Å². The van der Waals surface area contributed by atoms with Gasteiger partial charge in [-0.05, 0) is 125 Å². The molecule has 0 saturated carbocycles. The van der Waals surface area contributed by atoms with Crippen molar-refractivity contribution < 1.29 is 134 Å². The number of aliphatic hydroxyl groups is 1. The van der Waals surface area contributed by atoms with Crippen molar-refractivity contribution in [2.24, 2.45) is 0 Å². The van der Waals surface area contributed by atoms with Crippen molar-refractivity contribution in [2.75, 3.05) is 13.2 Å². The van der Waals surface area contributed by atoms with Gasteiger partial charge in [0.15, 0.2) is 12.6 Å². The van der Waals surface area contributed by atoms with E-state index in [-0.39, 0.29) is 103 Å². The van der Waals surface area contributed by atoms with Gasteiger partial charge in [0.1, 0.15) is 0 Å². The van der Waals surface area contributed by atoms with Crippen LogP contribution >= 0.6 is 0 Å². The lowest BCUT2D eigenvalue weighted by molar-refractivity contribution is -0.419. The molecule has 608 valence electrons. The molecule has 4 aromatic carbocycles. The monoisotopic (exact) mass is 1540 g/mol. The van der Waals surface area contributed by atoms with E-state index in [2.05, 4.69) is 14.2 Å². The summed E-state index contributed by atoms with van der Waals surface area (Å²) in [7, 11) is 0. The smallest absolute Gasteiger partial charge is 0.369 e. The second-order valence-corrected chi connectivity index (χ2v) is 23.7. The van der Waals surface area contributed by atoms with Crippen LogP contribution in [0.2, 0.25) is 0 Å². The molecule has 5 rings (SSSR count). The Kier molecular flexibility index (Phi) is 45.9. The van der Waals surface area contributed by atoms with Gasteiger partial charge in [-0.15, -0.1) is 0 Å². The minimum absolute atomic E-state index is 0. The highest BCUT2D eigenvalue weighted by Crippen LogP contribution is 2.58. The zero-order valence-corrected chi connectivity index (χ0v) is 54.1. The van der Waals surface area contributed by atoms with Gasteiger partial charge in [-0.3, -0.25) is 0 Å². The first kappa shape index (κ1) is 111. The van der Waals surface area contributed by atoms with Crippen molar-refractivity contribution in [1.29, 1.82) is 0 Å². The third kappa shape index (κ3) is 26.4. The summed E-state index contributed by atoms with van der Waals surface area (Å²) < 4.78 is 345. The number of rotatable bonds is 19. The maximum absolute atomic E-state index is 13.7. The van der Waals surface area contributed by atoms with Crippen molar-refractivity contribution in [2.45, 2.75) is 308 Å².